The van der Waals surface area contributed by atoms with Crippen LogP contribution in [0, 0.1) is 6.92 Å². The number of aryl methyl sites for hydroxylation is 1. The summed E-state index contributed by atoms with van der Waals surface area (Å²) < 4.78 is 126. The quantitative estimate of drug-likeness (QED) is 0.535. The number of aromatic nitrogens is 2. The molecule has 0 saturated carbocycles. The Morgan fingerprint density at radius 1 is 1.07 bits per heavy atom. The van der Waals surface area contributed by atoms with Crippen LogP contribution in [0.5, 0.6) is 0 Å². The molecule has 0 saturated heterocycles. The van der Waals surface area contributed by atoms with Gasteiger partial charge in [0.05, 0.1) is 10.7 Å². The van der Waals surface area contributed by atoms with E-state index in [9.17, 15) is 48.7 Å². The van der Waals surface area contributed by atoms with Gasteiger partial charge in [0.2, 0.25) is 0 Å². The molecule has 0 aliphatic heterocycles. The molecule has 1 N–H and O–H groups in total. The van der Waals surface area contributed by atoms with Gasteiger partial charge in [0.15, 0.2) is 5.69 Å². The van der Waals surface area contributed by atoms with E-state index in [1.54, 1.807) is 0 Å². The molecule has 27 heavy (non-hydrogen) atoms. The SMILES string of the molecule is Cc1c(Cl)c(C(F)(F)F)nn1CCCNC(=O)C(F)(F)C(F)(F)C(F)(F)F. The molecule has 0 aromatic carbocycles. The Morgan fingerprint density at radius 3 is 2.00 bits per heavy atom. The lowest BCUT2D eigenvalue weighted by atomic mass is 10.1. The topological polar surface area (TPSA) is 46.9 Å². The number of amides is 1. The van der Waals surface area contributed by atoms with E-state index in [1.807, 2.05) is 0 Å². The van der Waals surface area contributed by atoms with E-state index in [4.69, 9.17) is 11.6 Å². The molecule has 0 bridgehead atoms. The molecule has 0 aliphatic carbocycles. The molecule has 0 unspecified atom stereocenters. The van der Waals surface area contributed by atoms with Crippen LogP contribution in [0.4, 0.5) is 43.9 Å². The minimum atomic E-state index is -6.66. The maximum absolute atomic E-state index is 13.1. The molecule has 0 spiro atoms. The maximum Gasteiger partial charge on any atom is 0.460 e. The van der Waals surface area contributed by atoms with Crippen LogP contribution >= 0.6 is 11.6 Å². The van der Waals surface area contributed by atoms with Gasteiger partial charge in [-0.2, -0.15) is 49.0 Å². The van der Waals surface area contributed by atoms with Crippen molar-refractivity contribution in [2.75, 3.05) is 6.54 Å². The van der Waals surface area contributed by atoms with Crippen LogP contribution in [0.2, 0.25) is 5.02 Å². The Hall–Kier alpha value is -1.73. The molecule has 1 aromatic heterocycles. The summed E-state index contributed by atoms with van der Waals surface area (Å²) in [6.45, 7) is -0.0923. The number of carbonyl (C=O) groups excluding carboxylic acids is 1. The highest BCUT2D eigenvalue weighted by Gasteiger charge is 2.76. The third-order valence-electron chi connectivity index (χ3n) is 3.27. The number of hydrogen-bond donors (Lipinski definition) is 1. The lowest BCUT2D eigenvalue weighted by Gasteiger charge is -2.27. The average molecular weight is 438 g/mol. The summed E-state index contributed by atoms with van der Waals surface area (Å²) in [5.41, 5.74) is -1.56. The van der Waals surface area contributed by atoms with Gasteiger partial charge in [-0.1, -0.05) is 11.6 Å². The normalized spacial score (nSPS) is 13.8. The van der Waals surface area contributed by atoms with E-state index in [0.717, 1.165) is 11.6 Å². The minimum absolute atomic E-state index is 0.149. The van der Waals surface area contributed by atoms with Crippen molar-refractivity contribution in [2.24, 2.45) is 0 Å². The van der Waals surface area contributed by atoms with Crippen LogP contribution in [0.1, 0.15) is 17.8 Å². The highest BCUT2D eigenvalue weighted by atomic mass is 35.5. The average Bonchev–Trinajstić information content (AvgIpc) is 2.78. The largest absolute Gasteiger partial charge is 0.460 e. The van der Waals surface area contributed by atoms with Crippen molar-refractivity contribution in [3.05, 3.63) is 16.4 Å². The van der Waals surface area contributed by atoms with Gasteiger partial charge in [-0.15, -0.1) is 0 Å². The number of carbonyl (C=O) groups is 1. The molecule has 4 nitrogen and oxygen atoms in total. The third-order valence-corrected chi connectivity index (χ3v) is 3.72. The first-order chi connectivity index (χ1) is 11.9. The number of halogens is 11. The zero-order valence-corrected chi connectivity index (χ0v) is 13.8. The first kappa shape index (κ1) is 23.3. The van der Waals surface area contributed by atoms with Crippen LogP contribution < -0.4 is 5.32 Å². The van der Waals surface area contributed by atoms with Gasteiger partial charge >= 0.3 is 24.2 Å². The molecule has 156 valence electrons. The molecule has 0 atom stereocenters. The van der Waals surface area contributed by atoms with Gasteiger partial charge in [-0.05, 0) is 13.3 Å². The molecule has 1 aromatic rings. The van der Waals surface area contributed by atoms with Crippen LogP contribution in [-0.4, -0.2) is 40.3 Å². The van der Waals surface area contributed by atoms with Crippen LogP contribution in [0.15, 0.2) is 0 Å². The summed E-state index contributed by atoms with van der Waals surface area (Å²) in [5, 5.41) is 3.61. The molecule has 0 fully saturated rings. The summed E-state index contributed by atoms with van der Waals surface area (Å²) in [7, 11) is 0. The van der Waals surface area contributed by atoms with E-state index in [-0.39, 0.29) is 5.69 Å². The molecular weight excluding hydrogens is 428 g/mol. The second kappa shape index (κ2) is 7.36. The molecule has 15 heteroatoms. The molecule has 1 amide bonds. The van der Waals surface area contributed by atoms with Crippen molar-refractivity contribution < 1.29 is 48.7 Å². The molecule has 1 rings (SSSR count). The van der Waals surface area contributed by atoms with Crippen molar-refractivity contribution in [2.45, 2.75) is 44.1 Å². The van der Waals surface area contributed by atoms with Gasteiger partial charge in [-0.3, -0.25) is 9.48 Å². The Balaban J connectivity index is 2.71. The van der Waals surface area contributed by atoms with Crippen molar-refractivity contribution in [3.8, 4) is 0 Å². The van der Waals surface area contributed by atoms with Crippen molar-refractivity contribution >= 4 is 17.5 Å². The van der Waals surface area contributed by atoms with Crippen molar-refractivity contribution in [1.29, 1.82) is 0 Å². The lowest BCUT2D eigenvalue weighted by molar-refractivity contribution is -0.344. The van der Waals surface area contributed by atoms with Crippen LogP contribution in [0.25, 0.3) is 0 Å². The second-order valence-electron chi connectivity index (χ2n) is 5.22. The standard InChI is InChI=1S/C12H10ClF10N3O/c1-5-6(13)7(10(16,17)18)25-26(5)4-2-3-24-8(27)9(14,15)11(19,20)12(21,22)23/h2-4H2,1H3,(H,24,27). The van der Waals surface area contributed by atoms with Gasteiger partial charge in [0.25, 0.3) is 5.91 Å². The van der Waals surface area contributed by atoms with Gasteiger partial charge in [-0.25, -0.2) is 0 Å². The van der Waals surface area contributed by atoms with E-state index >= 15 is 0 Å². The summed E-state index contributed by atoms with van der Waals surface area (Å²) in [4.78, 5) is 11.0. The summed E-state index contributed by atoms with van der Waals surface area (Å²) in [6, 6.07) is 0. The second-order valence-corrected chi connectivity index (χ2v) is 5.60. The van der Waals surface area contributed by atoms with E-state index in [0.29, 0.717) is 0 Å². The summed E-state index contributed by atoms with van der Waals surface area (Å²) in [6.07, 6.45) is -11.9. The molecule has 0 radical (unpaired) electrons. The summed E-state index contributed by atoms with van der Waals surface area (Å²) >= 11 is 5.45. The Labute approximate surface area is 149 Å². The number of nitrogens with zero attached hydrogens (tertiary/aromatic N) is 2. The first-order valence-corrected chi connectivity index (χ1v) is 7.23. The zero-order valence-electron chi connectivity index (χ0n) is 13.1. The van der Waals surface area contributed by atoms with Crippen LogP contribution in [-0.2, 0) is 17.5 Å². The number of alkyl halides is 10. The zero-order chi connectivity index (χ0) is 21.4. The lowest BCUT2D eigenvalue weighted by Crippen LogP contribution is -2.59. The smallest absolute Gasteiger partial charge is 0.351 e. The Bertz CT molecular complexity index is 695. The predicted molar refractivity (Wildman–Crippen MR) is 70.6 cm³/mol. The molecule has 1 heterocycles. The van der Waals surface area contributed by atoms with E-state index in [2.05, 4.69) is 5.10 Å². The van der Waals surface area contributed by atoms with Gasteiger partial charge < -0.3 is 5.32 Å². The fourth-order valence-corrected chi connectivity index (χ4v) is 2.03. The predicted octanol–water partition coefficient (Wildman–Crippen LogP) is 4.20. The molecule has 0 aliphatic rings. The number of rotatable bonds is 6. The Morgan fingerprint density at radius 2 is 1.59 bits per heavy atom. The summed E-state index contributed by atoms with van der Waals surface area (Å²) in [5.74, 6) is -15.5. The number of hydrogen-bond acceptors (Lipinski definition) is 2. The van der Waals surface area contributed by atoms with E-state index < -0.39 is 60.3 Å². The molecular formula is C12H10ClF10N3O. The minimum Gasteiger partial charge on any atom is -0.351 e. The fraction of sp³-hybridized carbons (Fsp3) is 0.667. The van der Waals surface area contributed by atoms with Gasteiger partial charge in [0, 0.05) is 13.1 Å². The Kier molecular flexibility index (Phi) is 6.35. The fourth-order valence-electron chi connectivity index (χ4n) is 1.79. The monoisotopic (exact) mass is 437 g/mol. The highest BCUT2D eigenvalue weighted by Crippen LogP contribution is 2.46. The van der Waals surface area contributed by atoms with Crippen LogP contribution in [0.3, 0.4) is 0 Å². The van der Waals surface area contributed by atoms with Crippen molar-refractivity contribution in [1.82, 2.24) is 15.1 Å². The third kappa shape index (κ3) is 4.58. The first-order valence-electron chi connectivity index (χ1n) is 6.85. The van der Waals surface area contributed by atoms with Gasteiger partial charge in [0.1, 0.15) is 0 Å². The van der Waals surface area contributed by atoms with Crippen molar-refractivity contribution in [3.63, 3.8) is 0 Å². The number of nitrogens with one attached hydrogen (secondary N) is 1. The maximum atomic E-state index is 13.1. The highest BCUT2D eigenvalue weighted by molar-refractivity contribution is 6.31. The van der Waals surface area contributed by atoms with E-state index in [1.165, 1.54) is 5.32 Å².